The molecule has 0 amide bonds. The zero-order valence-corrected chi connectivity index (χ0v) is 8.87. The maximum atomic E-state index is 10.7. The van der Waals surface area contributed by atoms with E-state index in [-0.39, 0.29) is 6.42 Å². The lowest BCUT2D eigenvalue weighted by Gasteiger charge is -1.99. The summed E-state index contributed by atoms with van der Waals surface area (Å²) >= 11 is 1.59. The van der Waals surface area contributed by atoms with E-state index in [2.05, 4.69) is 4.98 Å². The molecule has 5 heteroatoms. The van der Waals surface area contributed by atoms with Crippen LogP contribution >= 0.6 is 11.8 Å². The third kappa shape index (κ3) is 4.60. The molecule has 1 N–H and O–H groups in total. The molecule has 0 aliphatic carbocycles. The number of carboxylic acids is 1. The number of carboxylic acid groups (broad SMARTS) is 1. The van der Waals surface area contributed by atoms with Crippen molar-refractivity contribution in [3.05, 3.63) is 24.5 Å². The average molecular weight is 225 g/mol. The number of hydrogen-bond donors (Lipinski definition) is 1. The van der Waals surface area contributed by atoms with Crippen LogP contribution in [-0.4, -0.2) is 27.6 Å². The van der Waals surface area contributed by atoms with Crippen molar-refractivity contribution in [3.8, 4) is 0 Å². The van der Waals surface area contributed by atoms with Gasteiger partial charge in [0.25, 0.3) is 0 Å². The van der Waals surface area contributed by atoms with E-state index in [1.165, 1.54) is 0 Å². The van der Waals surface area contributed by atoms with Crippen LogP contribution in [0, 0.1) is 0 Å². The predicted molar refractivity (Wildman–Crippen MR) is 56.8 cm³/mol. The van der Waals surface area contributed by atoms with Crippen molar-refractivity contribution < 1.29 is 14.7 Å². The average Bonchev–Trinajstić information content (AvgIpc) is 2.25. The van der Waals surface area contributed by atoms with Gasteiger partial charge in [-0.2, -0.15) is 0 Å². The number of ketones is 1. The molecule has 0 aliphatic rings. The smallest absolute Gasteiger partial charge is 0.372 e. The summed E-state index contributed by atoms with van der Waals surface area (Å²) in [6, 6.07) is 3.76. The first-order valence-electron chi connectivity index (χ1n) is 4.49. The molecule has 0 fully saturated rings. The molecule has 0 radical (unpaired) electrons. The van der Waals surface area contributed by atoms with Crippen LogP contribution in [0.4, 0.5) is 0 Å². The minimum atomic E-state index is -1.34. The number of aliphatic carboxylic acids is 1. The lowest BCUT2D eigenvalue weighted by atomic mass is 10.2. The second-order valence-electron chi connectivity index (χ2n) is 2.86. The molecule has 1 aromatic heterocycles. The van der Waals surface area contributed by atoms with Crippen LogP contribution in [0.25, 0.3) is 0 Å². The van der Waals surface area contributed by atoms with Crippen LogP contribution < -0.4 is 0 Å². The lowest BCUT2D eigenvalue weighted by Crippen LogP contribution is -2.11. The summed E-state index contributed by atoms with van der Waals surface area (Å²) in [5, 5.41) is 8.33. The summed E-state index contributed by atoms with van der Waals surface area (Å²) in [7, 11) is 0. The van der Waals surface area contributed by atoms with Gasteiger partial charge in [-0.1, -0.05) is 0 Å². The van der Waals surface area contributed by atoms with Crippen molar-refractivity contribution in [2.45, 2.75) is 17.7 Å². The van der Waals surface area contributed by atoms with Crippen LogP contribution in [0.1, 0.15) is 12.8 Å². The topological polar surface area (TPSA) is 67.3 Å². The first kappa shape index (κ1) is 11.7. The Hall–Kier alpha value is -1.36. The monoisotopic (exact) mass is 225 g/mol. The van der Waals surface area contributed by atoms with Crippen LogP contribution in [-0.2, 0) is 9.59 Å². The highest BCUT2D eigenvalue weighted by atomic mass is 32.2. The summed E-state index contributed by atoms with van der Waals surface area (Å²) in [6.07, 6.45) is 4.08. The molecule has 0 atom stereocenters. The van der Waals surface area contributed by atoms with Crippen molar-refractivity contribution >= 4 is 23.5 Å². The van der Waals surface area contributed by atoms with Crippen molar-refractivity contribution in [1.29, 1.82) is 0 Å². The maximum Gasteiger partial charge on any atom is 0.372 e. The van der Waals surface area contributed by atoms with Crippen LogP contribution in [0.5, 0.6) is 0 Å². The van der Waals surface area contributed by atoms with Crippen LogP contribution in [0.2, 0.25) is 0 Å². The fourth-order valence-electron chi connectivity index (χ4n) is 0.964. The van der Waals surface area contributed by atoms with Gasteiger partial charge < -0.3 is 5.11 Å². The highest BCUT2D eigenvalue weighted by molar-refractivity contribution is 7.99. The van der Waals surface area contributed by atoms with E-state index < -0.39 is 11.8 Å². The van der Waals surface area contributed by atoms with Gasteiger partial charge in [-0.25, -0.2) is 4.79 Å². The summed E-state index contributed by atoms with van der Waals surface area (Å²) in [5.41, 5.74) is 0. The van der Waals surface area contributed by atoms with E-state index in [0.717, 1.165) is 10.6 Å². The molecule has 0 spiro atoms. The number of pyridine rings is 1. The first-order valence-corrected chi connectivity index (χ1v) is 5.47. The number of nitrogens with zero attached hydrogens (tertiary/aromatic N) is 1. The molecule has 1 aromatic rings. The van der Waals surface area contributed by atoms with Gasteiger partial charge >= 0.3 is 5.97 Å². The molecular formula is C10H11NO3S. The van der Waals surface area contributed by atoms with E-state index >= 15 is 0 Å². The van der Waals surface area contributed by atoms with Crippen LogP contribution in [0.15, 0.2) is 29.4 Å². The normalized spacial score (nSPS) is 9.87. The first-order chi connectivity index (χ1) is 7.20. The lowest BCUT2D eigenvalue weighted by molar-refractivity contribution is -0.149. The van der Waals surface area contributed by atoms with Gasteiger partial charge in [-0.3, -0.25) is 9.78 Å². The molecular weight excluding hydrogens is 214 g/mol. The molecule has 15 heavy (non-hydrogen) atoms. The van der Waals surface area contributed by atoms with Crippen molar-refractivity contribution in [2.24, 2.45) is 0 Å². The molecule has 0 aliphatic heterocycles. The summed E-state index contributed by atoms with van der Waals surface area (Å²) < 4.78 is 0. The Bertz CT molecular complexity index is 340. The van der Waals surface area contributed by atoms with E-state index in [9.17, 15) is 9.59 Å². The molecule has 0 aromatic carbocycles. The van der Waals surface area contributed by atoms with Gasteiger partial charge in [-0.05, 0) is 24.3 Å². The Kier molecular flexibility index (Phi) is 4.83. The zero-order chi connectivity index (χ0) is 11.1. The Morgan fingerprint density at radius 3 is 2.60 bits per heavy atom. The molecule has 0 saturated carbocycles. The van der Waals surface area contributed by atoms with Gasteiger partial charge in [0.1, 0.15) is 0 Å². The van der Waals surface area contributed by atoms with Gasteiger partial charge in [0, 0.05) is 23.7 Å². The Morgan fingerprint density at radius 1 is 1.33 bits per heavy atom. The second kappa shape index (κ2) is 6.19. The Morgan fingerprint density at radius 2 is 2.00 bits per heavy atom. The molecule has 0 unspecified atom stereocenters. The van der Waals surface area contributed by atoms with Crippen molar-refractivity contribution in [3.63, 3.8) is 0 Å². The molecule has 0 saturated heterocycles. The maximum absolute atomic E-state index is 10.7. The van der Waals surface area contributed by atoms with E-state index in [1.54, 1.807) is 24.2 Å². The van der Waals surface area contributed by atoms with Crippen LogP contribution in [0.3, 0.4) is 0 Å². The second-order valence-corrected chi connectivity index (χ2v) is 4.03. The quantitative estimate of drug-likeness (QED) is 0.452. The number of hydrogen-bond acceptors (Lipinski definition) is 4. The minimum absolute atomic E-state index is 0.105. The van der Waals surface area contributed by atoms with Gasteiger partial charge in [0.2, 0.25) is 5.78 Å². The van der Waals surface area contributed by atoms with E-state index in [1.807, 2.05) is 12.1 Å². The third-order valence-electron chi connectivity index (χ3n) is 1.71. The SMILES string of the molecule is O=C(O)C(=O)CCCSc1ccncc1. The van der Waals surface area contributed by atoms with Gasteiger partial charge in [0.05, 0.1) is 0 Å². The van der Waals surface area contributed by atoms with E-state index in [4.69, 9.17) is 5.11 Å². The minimum Gasteiger partial charge on any atom is -0.476 e. The Labute approximate surface area is 91.7 Å². The van der Waals surface area contributed by atoms with Crippen molar-refractivity contribution in [1.82, 2.24) is 4.98 Å². The molecule has 4 nitrogen and oxygen atoms in total. The third-order valence-corrected chi connectivity index (χ3v) is 2.80. The fourth-order valence-corrected chi connectivity index (χ4v) is 1.80. The highest BCUT2D eigenvalue weighted by Crippen LogP contribution is 2.17. The van der Waals surface area contributed by atoms with Gasteiger partial charge in [-0.15, -0.1) is 11.8 Å². The number of Topliss-reactive ketones (excluding diaryl/α,β-unsaturated/α-hetero) is 1. The summed E-state index contributed by atoms with van der Waals surface area (Å²) in [6.45, 7) is 0. The zero-order valence-electron chi connectivity index (χ0n) is 8.05. The summed E-state index contributed by atoms with van der Waals surface area (Å²) in [4.78, 5) is 25.9. The van der Waals surface area contributed by atoms with Gasteiger partial charge in [0.15, 0.2) is 0 Å². The number of carbonyl (C=O) groups is 2. The standard InChI is InChI=1S/C10H11NO3S/c12-9(10(13)14)2-1-7-15-8-3-5-11-6-4-8/h3-6H,1-2,7H2,(H,13,14). The number of carbonyl (C=O) groups excluding carboxylic acids is 1. The predicted octanol–water partition coefficient (Wildman–Crippen LogP) is 1.61. The fraction of sp³-hybridized carbons (Fsp3) is 0.300. The number of rotatable bonds is 6. The van der Waals surface area contributed by atoms with E-state index in [0.29, 0.717) is 6.42 Å². The number of thioether (sulfide) groups is 1. The molecule has 0 bridgehead atoms. The molecule has 1 rings (SSSR count). The summed E-state index contributed by atoms with van der Waals surface area (Å²) in [5.74, 6) is -1.32. The Balaban J connectivity index is 2.18. The molecule has 80 valence electrons. The molecule has 1 heterocycles. The highest BCUT2D eigenvalue weighted by Gasteiger charge is 2.09. The number of aromatic nitrogens is 1. The van der Waals surface area contributed by atoms with Crippen molar-refractivity contribution in [2.75, 3.05) is 5.75 Å². The largest absolute Gasteiger partial charge is 0.476 e.